The van der Waals surface area contributed by atoms with Crippen molar-refractivity contribution in [3.05, 3.63) is 293 Å². The SMILES string of the molecule is [2H]c1c([2H])c([2H])c(-c2ccc3c(c2)N(c2cccc4c2oc2c(-n5c6c([2H])c([2H])c([2H])c([2H])c6c6c([2H])c([2H])c([2H])c([2H])c65)cccc24)c2cc(C(C)(C)C)cc4c2C3c2cc(-c3cc(C(C)(C)C)cc(C(C)(C)C)c3)ccc2N4c2c(-c3ccccc3)cc(C(C)(C)C)cc2-c2ccccc2)c([2H])c1[2H]. The van der Waals surface area contributed by atoms with Gasteiger partial charge in [0.05, 0.1) is 68.7 Å². The minimum Gasteiger partial charge on any atom is -0.452 e. The van der Waals surface area contributed by atoms with E-state index in [-0.39, 0.29) is 67.0 Å². The molecule has 4 heterocycles. The summed E-state index contributed by atoms with van der Waals surface area (Å²) in [6.45, 7) is 26.9. The lowest BCUT2D eigenvalue weighted by Crippen LogP contribution is -2.31. The Hall–Kier alpha value is -10.2. The molecule has 0 radical (unpaired) electrons. The van der Waals surface area contributed by atoms with Crippen LogP contribution in [0.15, 0.2) is 259 Å². The van der Waals surface area contributed by atoms with Crippen molar-refractivity contribution in [3.63, 3.8) is 0 Å². The van der Waals surface area contributed by atoms with Gasteiger partial charge in [-0.1, -0.05) is 271 Å². The highest BCUT2D eigenvalue weighted by Gasteiger charge is 2.44. The summed E-state index contributed by atoms with van der Waals surface area (Å²) < 4.78 is 128. The van der Waals surface area contributed by atoms with Gasteiger partial charge in [0.25, 0.3) is 0 Å². The van der Waals surface area contributed by atoms with Gasteiger partial charge in [-0.2, -0.15) is 0 Å². The summed E-state index contributed by atoms with van der Waals surface area (Å²) in [5.74, 6) is -0.538. The third kappa shape index (κ3) is 9.54. The van der Waals surface area contributed by atoms with Crippen molar-refractivity contribution in [2.24, 2.45) is 0 Å². The molecular formula is C89H79N3O. The molecule has 0 amide bonds. The van der Waals surface area contributed by atoms with Crippen LogP contribution in [0.5, 0.6) is 0 Å². The second-order valence-corrected chi connectivity index (χ2v) is 29.2. The quantitative estimate of drug-likeness (QED) is 0.159. The lowest BCUT2D eigenvalue weighted by atomic mass is 9.72. The summed E-state index contributed by atoms with van der Waals surface area (Å²) in [5, 5.41) is 1.12. The lowest BCUT2D eigenvalue weighted by molar-refractivity contribution is 0.569. The minimum absolute atomic E-state index is 0.0314. The number of aromatic nitrogens is 1. The first kappa shape index (κ1) is 45.2. The van der Waals surface area contributed by atoms with E-state index < -0.39 is 77.8 Å². The van der Waals surface area contributed by atoms with Gasteiger partial charge in [0.2, 0.25) is 0 Å². The topological polar surface area (TPSA) is 24.6 Å². The van der Waals surface area contributed by atoms with Crippen molar-refractivity contribution in [2.45, 2.75) is 111 Å². The predicted molar refractivity (Wildman–Crippen MR) is 395 cm³/mol. The standard InChI is InChI=1S/C89H79N3O/c1-86(2,3)61-46-60(47-62(50-61)87(4,5)6)58-43-45-75-72(48-58)81-69-44-42-59(55-28-16-13-17-29-55)49-78(69)91(77-41-27-37-68-67-36-26-40-76(84(67)93-85(68)77)90-73-38-24-22-34-65(73)66-35-23-25-39-74(66)90)79-53-64(89(10,11)12)54-80(82(79)81)92(75)83-70(56-30-18-14-19-31-56)51-63(88(7,8)9)52-71(83)57-32-20-15-21-33-57/h13-54,81H,1-12H3/i13D,16D,17D,22D,23D,24D,25D,28D,29D,34D,35D,38D,39D. The zero-order valence-electron chi connectivity index (χ0n) is 67.6. The molecule has 12 aromatic carbocycles. The molecular weight excluding hydrogens is 1130 g/mol. The number of hydrogen-bond donors (Lipinski definition) is 0. The molecule has 16 rings (SSSR count). The largest absolute Gasteiger partial charge is 0.452 e. The molecule has 14 aromatic rings. The molecule has 93 heavy (non-hydrogen) atoms. The molecule has 2 aromatic heterocycles. The molecule has 0 bridgehead atoms. The van der Waals surface area contributed by atoms with E-state index in [1.165, 1.54) is 15.7 Å². The summed E-state index contributed by atoms with van der Waals surface area (Å²) in [5.41, 5.74) is 18.4. The van der Waals surface area contributed by atoms with Gasteiger partial charge in [0.15, 0.2) is 11.2 Å². The Morgan fingerprint density at radius 1 is 0.323 bits per heavy atom. The third-order valence-electron chi connectivity index (χ3n) is 19.1. The maximum absolute atomic E-state index is 9.53. The summed E-state index contributed by atoms with van der Waals surface area (Å²) in [4.78, 5) is 4.70. The fourth-order valence-corrected chi connectivity index (χ4v) is 14.1. The fourth-order valence-electron chi connectivity index (χ4n) is 14.1. The number of furan rings is 1. The van der Waals surface area contributed by atoms with Crippen LogP contribution in [0.2, 0.25) is 0 Å². The molecule has 0 fully saturated rings. The van der Waals surface area contributed by atoms with Gasteiger partial charge in [-0.25, -0.2) is 0 Å². The zero-order chi connectivity index (χ0) is 75.3. The molecule has 0 aliphatic carbocycles. The van der Waals surface area contributed by atoms with Crippen LogP contribution in [0.4, 0.5) is 34.1 Å². The Morgan fingerprint density at radius 2 is 0.806 bits per heavy atom. The van der Waals surface area contributed by atoms with Gasteiger partial charge >= 0.3 is 0 Å². The minimum atomic E-state index is -0.550. The molecule has 0 N–H and O–H groups in total. The van der Waals surface area contributed by atoms with Crippen molar-refractivity contribution in [3.8, 4) is 50.2 Å². The highest BCUT2D eigenvalue weighted by molar-refractivity contribution is 6.16. The van der Waals surface area contributed by atoms with Crippen molar-refractivity contribution < 1.29 is 22.2 Å². The summed E-state index contributed by atoms with van der Waals surface area (Å²) in [6.07, 6.45) is 0. The highest BCUT2D eigenvalue weighted by Crippen LogP contribution is 2.64. The van der Waals surface area contributed by atoms with Crippen LogP contribution < -0.4 is 9.80 Å². The van der Waals surface area contributed by atoms with Gasteiger partial charge in [-0.15, -0.1) is 0 Å². The van der Waals surface area contributed by atoms with Crippen LogP contribution in [0.3, 0.4) is 0 Å². The van der Waals surface area contributed by atoms with Crippen molar-refractivity contribution in [1.29, 1.82) is 0 Å². The highest BCUT2D eigenvalue weighted by atomic mass is 16.3. The monoisotopic (exact) mass is 1220 g/mol. The first-order valence-electron chi connectivity index (χ1n) is 38.6. The summed E-state index contributed by atoms with van der Waals surface area (Å²) >= 11 is 0. The molecule has 4 nitrogen and oxygen atoms in total. The maximum atomic E-state index is 9.53. The van der Waals surface area contributed by atoms with Gasteiger partial charge in [-0.3, -0.25) is 0 Å². The Balaban J connectivity index is 1.08. The predicted octanol–water partition coefficient (Wildman–Crippen LogP) is 25.3. The first-order chi connectivity index (χ1) is 50.1. The average molecular weight is 1220 g/mol. The van der Waals surface area contributed by atoms with Crippen LogP contribution in [-0.2, 0) is 21.7 Å². The smallest absolute Gasteiger partial charge is 0.159 e. The van der Waals surface area contributed by atoms with E-state index in [1.807, 2.05) is 36.4 Å². The molecule has 0 saturated heterocycles. The van der Waals surface area contributed by atoms with E-state index in [0.29, 0.717) is 33.3 Å². The Bertz CT molecular complexity index is 5930. The fraction of sp³-hybridized carbons (Fsp3) is 0.191. The molecule has 0 saturated carbocycles. The van der Waals surface area contributed by atoms with Crippen LogP contribution in [0.1, 0.15) is 146 Å². The normalized spacial score (nSPS) is 16.0. The molecule has 2 aliphatic rings. The first-order valence-corrected chi connectivity index (χ1v) is 32.1. The number of benzene rings is 12. The second-order valence-electron chi connectivity index (χ2n) is 29.2. The molecule has 456 valence electrons. The van der Waals surface area contributed by atoms with Gasteiger partial charge in [-0.05, 0) is 155 Å². The van der Waals surface area contributed by atoms with Gasteiger partial charge in [0.1, 0.15) is 0 Å². The Morgan fingerprint density at radius 3 is 1.38 bits per heavy atom. The van der Waals surface area contributed by atoms with E-state index in [4.69, 9.17) is 14.0 Å². The molecule has 1 atom stereocenters. The molecule has 1 unspecified atom stereocenters. The second kappa shape index (κ2) is 21.2. The zero-order valence-corrected chi connectivity index (χ0v) is 54.6. The number of hydrogen-bond acceptors (Lipinski definition) is 3. The summed E-state index contributed by atoms with van der Waals surface area (Å²) in [6, 6.07) is 55.7. The number of fused-ring (bicyclic) bond motifs is 10. The van der Waals surface area contributed by atoms with Crippen LogP contribution >= 0.6 is 0 Å². The average Bonchev–Trinajstić information content (AvgIpc) is 1.51. The molecule has 4 heteroatoms. The summed E-state index contributed by atoms with van der Waals surface area (Å²) in [7, 11) is 0. The van der Waals surface area contributed by atoms with Crippen LogP contribution in [0.25, 0.3) is 93.9 Å². The van der Waals surface area contributed by atoms with Gasteiger partial charge in [0, 0.05) is 44.2 Å². The molecule has 2 aliphatic heterocycles. The lowest BCUT2D eigenvalue weighted by Gasteiger charge is -2.47. The molecule has 0 spiro atoms. The number of para-hydroxylation sites is 4. The number of rotatable bonds is 7. The third-order valence-corrected chi connectivity index (χ3v) is 19.1. The Labute approximate surface area is 566 Å². The van der Waals surface area contributed by atoms with Crippen LogP contribution in [-0.4, -0.2) is 4.57 Å². The van der Waals surface area contributed by atoms with E-state index in [9.17, 15) is 8.22 Å². The van der Waals surface area contributed by atoms with E-state index in [2.05, 4.69) is 220 Å². The van der Waals surface area contributed by atoms with Crippen molar-refractivity contribution >= 4 is 77.9 Å². The Kier molecular flexibility index (Phi) is 10.3. The van der Waals surface area contributed by atoms with Crippen LogP contribution in [0, 0.1) is 0 Å². The van der Waals surface area contributed by atoms with Crippen molar-refractivity contribution in [2.75, 3.05) is 9.80 Å². The maximum Gasteiger partial charge on any atom is 0.159 e. The number of anilines is 6. The van der Waals surface area contributed by atoms with E-state index in [1.54, 1.807) is 12.1 Å². The van der Waals surface area contributed by atoms with E-state index >= 15 is 0 Å². The van der Waals surface area contributed by atoms with Gasteiger partial charge < -0.3 is 18.8 Å². The van der Waals surface area contributed by atoms with Crippen molar-refractivity contribution in [1.82, 2.24) is 4.57 Å². The van der Waals surface area contributed by atoms with E-state index in [0.717, 1.165) is 83.9 Å². The number of nitrogens with zero attached hydrogens (tertiary/aromatic N) is 3.